The molecule has 7 heteroatoms. The van der Waals surface area contributed by atoms with Crippen molar-refractivity contribution in [2.24, 2.45) is 0 Å². The molecule has 4 rings (SSSR count). The Morgan fingerprint density at radius 1 is 1.04 bits per heavy atom. The monoisotopic (exact) mass is 376 g/mol. The molecule has 0 fully saturated rings. The van der Waals surface area contributed by atoms with Crippen LogP contribution in [0.25, 0.3) is 16.8 Å². The van der Waals surface area contributed by atoms with E-state index < -0.39 is 0 Å². The number of nitrogens with zero attached hydrogens (tertiary/aromatic N) is 3. The van der Waals surface area contributed by atoms with Crippen LogP contribution in [0.3, 0.4) is 0 Å². The van der Waals surface area contributed by atoms with Gasteiger partial charge in [0.1, 0.15) is 11.6 Å². The van der Waals surface area contributed by atoms with Gasteiger partial charge in [-0.25, -0.2) is 9.50 Å². The lowest BCUT2D eigenvalue weighted by molar-refractivity contribution is 0.353. The van der Waals surface area contributed by atoms with Crippen molar-refractivity contribution in [3.63, 3.8) is 0 Å². The Bertz CT molecular complexity index is 1140. The summed E-state index contributed by atoms with van der Waals surface area (Å²) in [6, 6.07) is 12.7. The van der Waals surface area contributed by atoms with E-state index in [1.165, 1.54) is 0 Å². The van der Waals surface area contributed by atoms with Crippen molar-refractivity contribution in [3.8, 4) is 28.4 Å². The van der Waals surface area contributed by atoms with Gasteiger partial charge in [0.25, 0.3) is 0 Å². The number of ether oxygens (including phenoxy) is 2. The lowest BCUT2D eigenvalue weighted by Crippen LogP contribution is -1.99. The Balaban J connectivity index is 1.71. The number of benzene rings is 2. The number of aromatic nitrogens is 3. The number of fused-ring (bicyclic) bond motifs is 1. The molecular weight excluding hydrogens is 356 g/mol. The molecule has 0 amide bonds. The van der Waals surface area contributed by atoms with Gasteiger partial charge in [0.15, 0.2) is 17.1 Å². The van der Waals surface area contributed by atoms with Crippen LogP contribution < -0.4 is 14.8 Å². The zero-order chi connectivity index (χ0) is 19.7. The van der Waals surface area contributed by atoms with E-state index >= 15 is 0 Å². The Morgan fingerprint density at radius 2 is 1.82 bits per heavy atom. The minimum absolute atomic E-state index is 0.222. The number of hydrogen-bond donors (Lipinski definition) is 2. The maximum atomic E-state index is 9.51. The summed E-state index contributed by atoms with van der Waals surface area (Å²) in [7, 11) is 3.24. The van der Waals surface area contributed by atoms with Crippen LogP contribution in [-0.4, -0.2) is 33.9 Å². The van der Waals surface area contributed by atoms with Crippen LogP contribution in [0.2, 0.25) is 0 Å². The minimum Gasteiger partial charge on any atom is -0.508 e. The van der Waals surface area contributed by atoms with Crippen molar-refractivity contribution < 1.29 is 14.6 Å². The average Bonchev–Trinajstić information content (AvgIpc) is 3.11. The van der Waals surface area contributed by atoms with E-state index in [1.54, 1.807) is 37.1 Å². The second-order valence-corrected chi connectivity index (χ2v) is 6.34. The Hall–Kier alpha value is -3.74. The highest BCUT2D eigenvalue weighted by molar-refractivity contribution is 5.78. The molecule has 2 aromatic heterocycles. The summed E-state index contributed by atoms with van der Waals surface area (Å²) in [5.74, 6) is 2.26. The molecule has 0 aliphatic carbocycles. The Labute approximate surface area is 162 Å². The molecule has 0 saturated carbocycles. The number of rotatable bonds is 5. The molecule has 0 saturated heterocycles. The molecular formula is C21H20N4O3. The molecule has 0 spiro atoms. The average molecular weight is 376 g/mol. The molecule has 0 aliphatic rings. The van der Waals surface area contributed by atoms with E-state index in [0.29, 0.717) is 23.0 Å². The van der Waals surface area contributed by atoms with Crippen LogP contribution in [0.15, 0.2) is 54.9 Å². The van der Waals surface area contributed by atoms with E-state index in [-0.39, 0.29) is 5.75 Å². The van der Waals surface area contributed by atoms with Crippen LogP contribution in [0.4, 0.5) is 11.5 Å². The van der Waals surface area contributed by atoms with Crippen LogP contribution in [0.5, 0.6) is 17.2 Å². The predicted octanol–water partition coefficient (Wildman–Crippen LogP) is 4.17. The quantitative estimate of drug-likeness (QED) is 0.544. The molecule has 7 nitrogen and oxygen atoms in total. The molecule has 28 heavy (non-hydrogen) atoms. The number of methoxy groups -OCH3 is 2. The highest BCUT2D eigenvalue weighted by atomic mass is 16.5. The number of hydrogen-bond acceptors (Lipinski definition) is 6. The van der Waals surface area contributed by atoms with Gasteiger partial charge in [0, 0.05) is 23.5 Å². The van der Waals surface area contributed by atoms with Gasteiger partial charge in [0.05, 0.1) is 20.4 Å². The Morgan fingerprint density at radius 3 is 2.54 bits per heavy atom. The van der Waals surface area contributed by atoms with Gasteiger partial charge in [-0.2, -0.15) is 5.10 Å². The minimum atomic E-state index is 0.222. The van der Waals surface area contributed by atoms with Crippen molar-refractivity contribution in [2.45, 2.75) is 6.92 Å². The molecule has 0 aliphatic heterocycles. The zero-order valence-corrected chi connectivity index (χ0v) is 15.8. The summed E-state index contributed by atoms with van der Waals surface area (Å²) < 4.78 is 12.5. The molecule has 2 heterocycles. The summed E-state index contributed by atoms with van der Waals surface area (Å²) in [6.45, 7) is 1.96. The third-order valence-corrected chi connectivity index (χ3v) is 4.48. The fourth-order valence-electron chi connectivity index (χ4n) is 3.16. The van der Waals surface area contributed by atoms with Gasteiger partial charge < -0.3 is 19.9 Å². The van der Waals surface area contributed by atoms with E-state index in [9.17, 15) is 5.11 Å². The molecule has 2 aromatic carbocycles. The summed E-state index contributed by atoms with van der Waals surface area (Å²) in [5, 5.41) is 17.2. The number of aromatic hydroxyl groups is 1. The number of nitrogens with one attached hydrogen (secondary N) is 1. The van der Waals surface area contributed by atoms with Crippen molar-refractivity contribution in [2.75, 3.05) is 19.5 Å². The first-order valence-corrected chi connectivity index (χ1v) is 8.72. The predicted molar refractivity (Wildman–Crippen MR) is 108 cm³/mol. The summed E-state index contributed by atoms with van der Waals surface area (Å²) >= 11 is 0. The SMILES string of the molecule is COc1cc(Nc2ccn3ncc(-c4ccc(O)cc4)c3n2)cc(C)c1OC. The molecule has 142 valence electrons. The lowest BCUT2D eigenvalue weighted by atomic mass is 10.1. The van der Waals surface area contributed by atoms with Gasteiger partial charge in [0.2, 0.25) is 0 Å². The van der Waals surface area contributed by atoms with Gasteiger partial charge in [-0.05, 0) is 42.3 Å². The normalized spacial score (nSPS) is 10.8. The molecule has 0 bridgehead atoms. The first kappa shape index (κ1) is 17.7. The van der Waals surface area contributed by atoms with Crippen molar-refractivity contribution >= 4 is 17.2 Å². The van der Waals surface area contributed by atoms with Crippen LogP contribution in [-0.2, 0) is 0 Å². The summed E-state index contributed by atoms with van der Waals surface area (Å²) in [5.41, 5.74) is 4.33. The molecule has 0 unspecified atom stereocenters. The van der Waals surface area contributed by atoms with Crippen LogP contribution in [0, 0.1) is 6.92 Å². The van der Waals surface area contributed by atoms with E-state index in [2.05, 4.69) is 10.4 Å². The number of aryl methyl sites for hydroxylation is 1. The zero-order valence-electron chi connectivity index (χ0n) is 15.8. The van der Waals surface area contributed by atoms with E-state index in [0.717, 1.165) is 22.4 Å². The third-order valence-electron chi connectivity index (χ3n) is 4.48. The summed E-state index contributed by atoms with van der Waals surface area (Å²) in [6.07, 6.45) is 3.61. The molecule has 0 radical (unpaired) electrons. The van der Waals surface area contributed by atoms with Crippen molar-refractivity contribution in [3.05, 3.63) is 60.4 Å². The number of anilines is 2. The fraction of sp³-hybridized carbons (Fsp3) is 0.143. The second-order valence-electron chi connectivity index (χ2n) is 6.34. The molecule has 0 atom stereocenters. The van der Waals surface area contributed by atoms with Crippen LogP contribution in [0.1, 0.15) is 5.56 Å². The number of phenols is 1. The van der Waals surface area contributed by atoms with Gasteiger partial charge in [-0.1, -0.05) is 12.1 Å². The fourth-order valence-corrected chi connectivity index (χ4v) is 3.16. The standard InChI is InChI=1S/C21H20N4O3/c1-13-10-15(11-18(27-2)20(13)28-3)23-19-8-9-25-21(24-19)17(12-22-25)14-4-6-16(26)7-5-14/h4-12,26H,1-3H3,(H,23,24). The highest BCUT2D eigenvalue weighted by Gasteiger charge is 2.12. The third kappa shape index (κ3) is 3.18. The molecule has 2 N–H and O–H groups in total. The van der Waals surface area contributed by atoms with Crippen molar-refractivity contribution in [1.82, 2.24) is 14.6 Å². The first-order valence-electron chi connectivity index (χ1n) is 8.72. The van der Waals surface area contributed by atoms with Gasteiger partial charge >= 0.3 is 0 Å². The van der Waals surface area contributed by atoms with Crippen molar-refractivity contribution in [1.29, 1.82) is 0 Å². The maximum Gasteiger partial charge on any atom is 0.165 e. The second kappa shape index (κ2) is 7.11. The topological polar surface area (TPSA) is 80.9 Å². The van der Waals surface area contributed by atoms with Crippen LogP contribution >= 0.6 is 0 Å². The highest BCUT2D eigenvalue weighted by Crippen LogP contribution is 2.35. The lowest BCUT2D eigenvalue weighted by Gasteiger charge is -2.14. The van der Waals surface area contributed by atoms with Gasteiger partial charge in [-0.15, -0.1) is 0 Å². The first-order chi connectivity index (χ1) is 13.6. The Kier molecular flexibility index (Phi) is 4.49. The largest absolute Gasteiger partial charge is 0.508 e. The van der Waals surface area contributed by atoms with E-state index in [1.807, 2.05) is 43.5 Å². The van der Waals surface area contributed by atoms with E-state index in [4.69, 9.17) is 14.5 Å². The maximum absolute atomic E-state index is 9.51. The smallest absolute Gasteiger partial charge is 0.165 e. The molecule has 4 aromatic rings. The summed E-state index contributed by atoms with van der Waals surface area (Å²) in [4.78, 5) is 4.71. The number of phenolic OH excluding ortho intramolecular Hbond substituents is 1. The van der Waals surface area contributed by atoms with Gasteiger partial charge in [-0.3, -0.25) is 0 Å².